The Kier molecular flexibility index (Phi) is 3.22. The maximum atomic E-state index is 13.8. The van der Waals surface area contributed by atoms with E-state index in [1.807, 2.05) is 0 Å². The number of hydrogen-bond acceptors (Lipinski definition) is 2. The second-order valence-electron chi connectivity index (χ2n) is 5.04. The molecular weight excluding hydrogens is 283 g/mol. The van der Waals surface area contributed by atoms with Gasteiger partial charge in [0, 0.05) is 29.8 Å². The highest BCUT2D eigenvalue weighted by molar-refractivity contribution is 7.27. The topological polar surface area (TPSA) is 62.1 Å². The minimum atomic E-state index is -0.968. The normalized spacial score (nSPS) is 19.0. The van der Waals surface area contributed by atoms with Crippen LogP contribution in [0.25, 0.3) is 10.9 Å². The van der Waals surface area contributed by atoms with Crippen molar-refractivity contribution in [1.29, 1.82) is 0 Å². The molecule has 1 amide bonds. The Labute approximate surface area is 116 Å². The number of benzene rings is 1. The standard InChI is InChI=1S/C13H14F2N3OP/c14-10-9(20)4-6-3-8(17-12(6)11(10)15)13(19)18-2-1-7(16)5-18/h3-4,7,17H,1-2,5,16,20H2/t7-/m1/s1. The van der Waals surface area contributed by atoms with Crippen LogP contribution >= 0.6 is 9.24 Å². The fourth-order valence-corrected chi connectivity index (χ4v) is 2.80. The molecule has 2 heterocycles. The molecule has 1 aromatic heterocycles. The number of nitrogens with one attached hydrogen (secondary N) is 1. The molecule has 20 heavy (non-hydrogen) atoms. The number of halogens is 2. The molecule has 0 saturated carbocycles. The summed E-state index contributed by atoms with van der Waals surface area (Å²) in [5.74, 6) is -2.13. The van der Waals surface area contributed by atoms with E-state index in [-0.39, 0.29) is 28.5 Å². The van der Waals surface area contributed by atoms with E-state index >= 15 is 0 Å². The molecule has 1 aromatic carbocycles. The Balaban J connectivity index is 2.01. The minimum Gasteiger partial charge on any atom is -0.348 e. The van der Waals surface area contributed by atoms with Crippen molar-refractivity contribution >= 4 is 31.4 Å². The lowest BCUT2D eigenvalue weighted by molar-refractivity contribution is 0.0786. The van der Waals surface area contributed by atoms with E-state index in [1.165, 1.54) is 12.1 Å². The molecule has 1 aliphatic heterocycles. The fraction of sp³-hybridized carbons (Fsp3) is 0.308. The number of nitrogens with zero attached hydrogens (tertiary/aromatic N) is 1. The first-order chi connectivity index (χ1) is 9.47. The van der Waals surface area contributed by atoms with E-state index in [0.29, 0.717) is 18.5 Å². The molecule has 0 radical (unpaired) electrons. The maximum Gasteiger partial charge on any atom is 0.270 e. The number of amides is 1. The van der Waals surface area contributed by atoms with E-state index in [4.69, 9.17) is 5.73 Å². The molecule has 1 unspecified atom stereocenters. The van der Waals surface area contributed by atoms with E-state index in [9.17, 15) is 13.6 Å². The molecule has 2 atom stereocenters. The van der Waals surface area contributed by atoms with Crippen LogP contribution in [0.1, 0.15) is 16.9 Å². The van der Waals surface area contributed by atoms with Crippen molar-refractivity contribution in [3.63, 3.8) is 0 Å². The lowest BCUT2D eigenvalue weighted by atomic mass is 10.2. The summed E-state index contributed by atoms with van der Waals surface area (Å²) in [6, 6.07) is 3.01. The second kappa shape index (κ2) is 4.79. The van der Waals surface area contributed by atoms with Crippen LogP contribution < -0.4 is 11.0 Å². The number of hydrogen-bond donors (Lipinski definition) is 2. The highest BCUT2D eigenvalue weighted by Crippen LogP contribution is 2.22. The molecule has 0 spiro atoms. The zero-order valence-corrected chi connectivity index (χ0v) is 11.8. The third-order valence-electron chi connectivity index (χ3n) is 3.57. The summed E-state index contributed by atoms with van der Waals surface area (Å²) in [5, 5.41) is 0.608. The van der Waals surface area contributed by atoms with Gasteiger partial charge in [-0.15, -0.1) is 9.24 Å². The summed E-state index contributed by atoms with van der Waals surface area (Å²) in [7, 11) is 2.14. The first-order valence-corrected chi connectivity index (χ1v) is 6.86. The molecule has 106 valence electrons. The first-order valence-electron chi connectivity index (χ1n) is 6.28. The first kappa shape index (κ1) is 13.5. The molecular formula is C13H14F2N3OP. The third-order valence-corrected chi connectivity index (χ3v) is 3.99. The van der Waals surface area contributed by atoms with Crippen LogP contribution in [-0.4, -0.2) is 34.9 Å². The maximum absolute atomic E-state index is 13.8. The van der Waals surface area contributed by atoms with Crippen LogP contribution in [0, 0.1) is 11.6 Å². The van der Waals surface area contributed by atoms with Crippen molar-refractivity contribution in [2.24, 2.45) is 5.73 Å². The Morgan fingerprint density at radius 3 is 2.80 bits per heavy atom. The zero-order chi connectivity index (χ0) is 14.4. The number of aromatic amines is 1. The average molecular weight is 297 g/mol. The summed E-state index contributed by atoms with van der Waals surface area (Å²) < 4.78 is 27.3. The number of aromatic nitrogens is 1. The number of likely N-dealkylation sites (tertiary alicyclic amines) is 1. The summed E-state index contributed by atoms with van der Waals surface area (Å²) in [6.45, 7) is 1.07. The van der Waals surface area contributed by atoms with Gasteiger partial charge in [0.1, 0.15) is 5.69 Å². The smallest absolute Gasteiger partial charge is 0.270 e. The SMILES string of the molecule is N[C@@H]1CCN(C(=O)c2cc3cc(P)c(F)c(F)c3[nH]2)C1. The van der Waals surface area contributed by atoms with Gasteiger partial charge in [-0.25, -0.2) is 8.78 Å². The van der Waals surface area contributed by atoms with Crippen LogP contribution in [0.4, 0.5) is 8.78 Å². The Morgan fingerprint density at radius 2 is 2.15 bits per heavy atom. The molecule has 0 bridgehead atoms. The van der Waals surface area contributed by atoms with Gasteiger partial charge in [-0.2, -0.15) is 0 Å². The van der Waals surface area contributed by atoms with E-state index in [0.717, 1.165) is 6.42 Å². The molecule has 1 saturated heterocycles. The van der Waals surface area contributed by atoms with Gasteiger partial charge in [-0.1, -0.05) is 0 Å². The van der Waals surface area contributed by atoms with Gasteiger partial charge in [0.25, 0.3) is 5.91 Å². The van der Waals surface area contributed by atoms with E-state index in [2.05, 4.69) is 14.2 Å². The van der Waals surface area contributed by atoms with Gasteiger partial charge in [0.05, 0.1) is 5.52 Å². The van der Waals surface area contributed by atoms with Crippen molar-refractivity contribution in [3.8, 4) is 0 Å². The predicted molar refractivity (Wildman–Crippen MR) is 76.1 cm³/mol. The van der Waals surface area contributed by atoms with E-state index < -0.39 is 11.6 Å². The number of nitrogens with two attached hydrogens (primary N) is 1. The quantitative estimate of drug-likeness (QED) is 0.775. The fourth-order valence-electron chi connectivity index (χ4n) is 2.49. The summed E-state index contributed by atoms with van der Waals surface area (Å²) in [4.78, 5) is 16.5. The largest absolute Gasteiger partial charge is 0.348 e. The summed E-state index contributed by atoms with van der Waals surface area (Å²) >= 11 is 0. The average Bonchev–Trinajstić information content (AvgIpc) is 3.02. The van der Waals surface area contributed by atoms with Crippen molar-refractivity contribution in [2.75, 3.05) is 13.1 Å². The zero-order valence-electron chi connectivity index (χ0n) is 10.6. The van der Waals surface area contributed by atoms with Crippen LogP contribution in [0.3, 0.4) is 0 Å². The van der Waals surface area contributed by atoms with Gasteiger partial charge >= 0.3 is 0 Å². The van der Waals surface area contributed by atoms with Crippen molar-refractivity contribution in [2.45, 2.75) is 12.5 Å². The highest BCUT2D eigenvalue weighted by atomic mass is 31.0. The summed E-state index contributed by atoms with van der Waals surface area (Å²) in [5.41, 5.74) is 6.03. The van der Waals surface area contributed by atoms with Crippen molar-refractivity contribution in [1.82, 2.24) is 9.88 Å². The van der Waals surface area contributed by atoms with Gasteiger partial charge in [0.15, 0.2) is 11.6 Å². The number of carbonyl (C=O) groups is 1. The van der Waals surface area contributed by atoms with Gasteiger partial charge in [-0.3, -0.25) is 4.79 Å². The van der Waals surface area contributed by atoms with Gasteiger partial charge in [0.2, 0.25) is 0 Å². The Bertz CT molecular complexity index is 700. The van der Waals surface area contributed by atoms with Crippen LogP contribution in [0.15, 0.2) is 12.1 Å². The van der Waals surface area contributed by atoms with Crippen molar-refractivity contribution in [3.05, 3.63) is 29.5 Å². The van der Waals surface area contributed by atoms with Crippen LogP contribution in [-0.2, 0) is 0 Å². The molecule has 1 fully saturated rings. The number of rotatable bonds is 1. The number of H-pyrrole nitrogens is 1. The Hall–Kier alpha value is -1.52. The molecule has 4 nitrogen and oxygen atoms in total. The highest BCUT2D eigenvalue weighted by Gasteiger charge is 2.26. The lowest BCUT2D eigenvalue weighted by Gasteiger charge is -2.14. The molecule has 2 aromatic rings. The Morgan fingerprint density at radius 1 is 1.40 bits per heavy atom. The third kappa shape index (κ3) is 2.09. The van der Waals surface area contributed by atoms with Gasteiger partial charge in [-0.05, 0) is 18.6 Å². The molecule has 3 rings (SSSR count). The predicted octanol–water partition coefficient (Wildman–Crippen LogP) is 1.12. The van der Waals surface area contributed by atoms with E-state index in [1.54, 1.807) is 4.90 Å². The minimum absolute atomic E-state index is 0.0144. The van der Waals surface area contributed by atoms with Crippen molar-refractivity contribution < 1.29 is 13.6 Å². The molecule has 1 aliphatic rings. The summed E-state index contributed by atoms with van der Waals surface area (Å²) in [6.07, 6.45) is 0.755. The molecule has 0 aliphatic carbocycles. The van der Waals surface area contributed by atoms with Gasteiger partial charge < -0.3 is 15.6 Å². The molecule has 7 heteroatoms. The van der Waals surface area contributed by atoms with Crippen LogP contribution in [0.2, 0.25) is 0 Å². The molecule has 3 N–H and O–H groups in total. The lowest BCUT2D eigenvalue weighted by Crippen LogP contribution is -2.32. The second-order valence-corrected chi connectivity index (χ2v) is 5.66. The number of carbonyl (C=O) groups excluding carboxylic acids is 1. The van der Waals surface area contributed by atoms with Crippen LogP contribution in [0.5, 0.6) is 0 Å². The number of fused-ring (bicyclic) bond motifs is 1. The monoisotopic (exact) mass is 297 g/mol.